The molecule has 32 heavy (non-hydrogen) atoms. The topological polar surface area (TPSA) is 95.6 Å². The van der Waals surface area contributed by atoms with Crippen molar-refractivity contribution >= 4 is 45.0 Å². The molecule has 9 heteroatoms. The Bertz CT molecular complexity index is 1170. The van der Waals surface area contributed by atoms with Gasteiger partial charge in [-0.05, 0) is 69.0 Å². The second-order valence-electron chi connectivity index (χ2n) is 8.39. The fraction of sp³-hybridized carbons (Fsp3) is 0.391. The Morgan fingerprint density at radius 3 is 2.56 bits per heavy atom. The first-order valence-corrected chi connectivity index (χ1v) is 13.0. The molecule has 170 valence electrons. The lowest BCUT2D eigenvalue weighted by Crippen LogP contribution is -2.41. The predicted molar refractivity (Wildman–Crippen MR) is 126 cm³/mol. The van der Waals surface area contributed by atoms with Crippen LogP contribution in [-0.4, -0.2) is 42.9 Å². The number of carbonyl (C=O) groups is 2. The largest absolute Gasteiger partial charge is 0.326 e. The zero-order chi connectivity index (χ0) is 23.0. The average Bonchev–Trinajstić information content (AvgIpc) is 2.76. The van der Waals surface area contributed by atoms with Gasteiger partial charge in [0.25, 0.3) is 0 Å². The number of aryl methyl sites for hydroxylation is 2. The minimum atomic E-state index is -3.71. The Morgan fingerprint density at radius 2 is 1.84 bits per heavy atom. The first-order chi connectivity index (χ1) is 15.1. The van der Waals surface area contributed by atoms with Gasteiger partial charge in [-0.2, -0.15) is 4.31 Å². The molecule has 2 aliphatic rings. The van der Waals surface area contributed by atoms with Gasteiger partial charge in [-0.1, -0.05) is 12.1 Å². The highest BCUT2D eigenvalue weighted by Gasteiger charge is 2.33. The summed E-state index contributed by atoms with van der Waals surface area (Å²) in [6, 6.07) is 10.8. The predicted octanol–water partition coefficient (Wildman–Crippen LogP) is 3.78. The van der Waals surface area contributed by atoms with Crippen molar-refractivity contribution in [1.29, 1.82) is 0 Å². The van der Waals surface area contributed by atoms with Crippen molar-refractivity contribution in [2.24, 2.45) is 5.92 Å². The summed E-state index contributed by atoms with van der Waals surface area (Å²) in [7, 11) is -3.71. The van der Waals surface area contributed by atoms with Gasteiger partial charge in [0, 0.05) is 29.6 Å². The first kappa shape index (κ1) is 22.8. The van der Waals surface area contributed by atoms with Gasteiger partial charge in [-0.3, -0.25) is 9.59 Å². The summed E-state index contributed by atoms with van der Waals surface area (Å²) in [6.45, 7) is 6.30. The Hall–Kier alpha value is -2.36. The van der Waals surface area contributed by atoms with E-state index in [0.717, 1.165) is 21.7 Å². The van der Waals surface area contributed by atoms with Gasteiger partial charge in [0.05, 0.1) is 15.8 Å². The number of rotatable bonds is 4. The molecule has 2 aliphatic heterocycles. The van der Waals surface area contributed by atoms with E-state index in [1.165, 1.54) is 22.1 Å². The van der Waals surface area contributed by atoms with Crippen LogP contribution in [0.2, 0.25) is 0 Å². The van der Waals surface area contributed by atoms with Crippen LogP contribution in [-0.2, 0) is 19.6 Å². The zero-order valence-electron chi connectivity index (χ0n) is 18.3. The van der Waals surface area contributed by atoms with Crippen molar-refractivity contribution in [1.82, 2.24) is 4.31 Å². The van der Waals surface area contributed by atoms with E-state index in [1.54, 1.807) is 12.1 Å². The van der Waals surface area contributed by atoms with Crippen molar-refractivity contribution in [3.63, 3.8) is 0 Å². The van der Waals surface area contributed by atoms with E-state index in [4.69, 9.17) is 0 Å². The minimum Gasteiger partial charge on any atom is -0.326 e. The molecule has 2 N–H and O–H groups in total. The van der Waals surface area contributed by atoms with E-state index in [9.17, 15) is 18.0 Å². The molecule has 0 saturated carbocycles. The highest BCUT2D eigenvalue weighted by atomic mass is 32.2. The van der Waals surface area contributed by atoms with Crippen molar-refractivity contribution < 1.29 is 18.0 Å². The smallest absolute Gasteiger partial charge is 0.243 e. The molecule has 2 aromatic rings. The van der Waals surface area contributed by atoms with Crippen LogP contribution in [0.15, 0.2) is 46.2 Å². The molecule has 2 heterocycles. The van der Waals surface area contributed by atoms with Crippen LogP contribution in [0, 0.1) is 19.8 Å². The van der Waals surface area contributed by atoms with Crippen molar-refractivity contribution in [3.8, 4) is 0 Å². The Morgan fingerprint density at radius 1 is 1.12 bits per heavy atom. The third kappa shape index (κ3) is 4.55. The summed E-state index contributed by atoms with van der Waals surface area (Å²) in [6.07, 6.45) is 0.927. The van der Waals surface area contributed by atoms with Gasteiger partial charge in [-0.25, -0.2) is 8.42 Å². The Labute approximate surface area is 193 Å². The molecule has 0 aliphatic carbocycles. The molecule has 0 aromatic heterocycles. The third-order valence-electron chi connectivity index (χ3n) is 6.00. The van der Waals surface area contributed by atoms with Crippen LogP contribution in [0.5, 0.6) is 0 Å². The summed E-state index contributed by atoms with van der Waals surface area (Å²) < 4.78 is 27.8. The first-order valence-electron chi connectivity index (χ1n) is 10.6. The van der Waals surface area contributed by atoms with Crippen molar-refractivity contribution in [2.75, 3.05) is 23.7 Å². The molecular formula is C23H27N3O4S2. The second kappa shape index (κ2) is 8.88. The highest BCUT2D eigenvalue weighted by molar-refractivity contribution is 8.01. The Balaban J connectivity index is 1.42. The number of amides is 2. The summed E-state index contributed by atoms with van der Waals surface area (Å²) >= 11 is 1.42. The molecule has 0 spiro atoms. The minimum absolute atomic E-state index is 0.0709. The van der Waals surface area contributed by atoms with Crippen molar-refractivity contribution in [3.05, 3.63) is 47.5 Å². The zero-order valence-corrected chi connectivity index (χ0v) is 20.0. The maximum atomic E-state index is 13.2. The molecule has 1 unspecified atom stereocenters. The maximum Gasteiger partial charge on any atom is 0.243 e. The number of carbonyl (C=O) groups excluding carboxylic acids is 2. The number of hydrogen-bond donors (Lipinski definition) is 2. The van der Waals surface area contributed by atoms with Gasteiger partial charge in [-0.15, -0.1) is 11.8 Å². The molecule has 0 bridgehead atoms. The molecule has 1 fully saturated rings. The van der Waals surface area contributed by atoms with E-state index >= 15 is 0 Å². The number of benzene rings is 2. The molecule has 1 saturated heterocycles. The number of piperidine rings is 1. The number of thioether (sulfide) groups is 1. The Kier molecular flexibility index (Phi) is 6.33. The van der Waals surface area contributed by atoms with Gasteiger partial charge >= 0.3 is 0 Å². The standard InChI is InChI=1S/C23H27N3O4S2/c1-14-4-5-15(2)19(12-14)24-23(28)17-8-10-26(11-9-17)32(29,30)18-6-7-21-20(13-18)25-22(27)16(3)31-21/h4-7,12-13,16-17H,8-11H2,1-3H3,(H,24,28)(H,25,27). The normalized spacial score (nSPS) is 19.8. The number of fused-ring (bicyclic) bond motifs is 1. The molecule has 7 nitrogen and oxygen atoms in total. The van der Waals surface area contributed by atoms with Crippen LogP contribution in [0.4, 0.5) is 11.4 Å². The summed E-state index contributed by atoms with van der Waals surface area (Å²) in [4.78, 5) is 25.7. The van der Waals surface area contributed by atoms with Crippen LogP contribution in [0.3, 0.4) is 0 Å². The van der Waals surface area contributed by atoms with Gasteiger partial charge in [0.2, 0.25) is 21.8 Å². The highest BCUT2D eigenvalue weighted by Crippen LogP contribution is 2.37. The number of nitrogens with one attached hydrogen (secondary N) is 2. The third-order valence-corrected chi connectivity index (χ3v) is 9.07. The van der Waals surface area contributed by atoms with Gasteiger partial charge in [0.1, 0.15) is 0 Å². The molecule has 2 aromatic carbocycles. The second-order valence-corrected chi connectivity index (χ2v) is 11.7. The summed E-state index contributed by atoms with van der Waals surface area (Å²) in [5.74, 6) is -0.437. The van der Waals surface area contributed by atoms with E-state index in [0.29, 0.717) is 18.5 Å². The van der Waals surface area contributed by atoms with E-state index < -0.39 is 10.0 Å². The monoisotopic (exact) mass is 473 g/mol. The summed E-state index contributed by atoms with van der Waals surface area (Å²) in [5.41, 5.74) is 3.40. The summed E-state index contributed by atoms with van der Waals surface area (Å²) in [5, 5.41) is 5.57. The SMILES string of the molecule is Cc1ccc(C)c(NC(=O)C2CCN(S(=O)(=O)c3ccc4c(c3)NC(=O)C(C)S4)CC2)c1. The van der Waals surface area contributed by atoms with E-state index in [-0.39, 0.29) is 41.0 Å². The lowest BCUT2D eigenvalue weighted by Gasteiger charge is -2.31. The number of nitrogens with zero attached hydrogens (tertiary/aromatic N) is 1. The fourth-order valence-electron chi connectivity index (χ4n) is 3.96. The molecular weight excluding hydrogens is 446 g/mol. The van der Waals surface area contributed by atoms with Gasteiger partial charge < -0.3 is 10.6 Å². The van der Waals surface area contributed by atoms with E-state index in [2.05, 4.69) is 10.6 Å². The average molecular weight is 474 g/mol. The molecule has 4 rings (SSSR count). The van der Waals surface area contributed by atoms with Gasteiger partial charge in [0.15, 0.2) is 0 Å². The van der Waals surface area contributed by atoms with Crippen molar-refractivity contribution in [2.45, 2.75) is 48.7 Å². The van der Waals surface area contributed by atoms with Crippen LogP contribution in [0.25, 0.3) is 0 Å². The molecule has 0 radical (unpaired) electrons. The number of anilines is 2. The van der Waals surface area contributed by atoms with Crippen LogP contribution >= 0.6 is 11.8 Å². The lowest BCUT2D eigenvalue weighted by atomic mass is 9.97. The number of hydrogen-bond acceptors (Lipinski definition) is 5. The fourth-order valence-corrected chi connectivity index (χ4v) is 6.39. The van der Waals surface area contributed by atoms with Crippen LogP contribution in [0.1, 0.15) is 30.9 Å². The molecule has 2 amide bonds. The van der Waals surface area contributed by atoms with Crippen LogP contribution < -0.4 is 10.6 Å². The lowest BCUT2D eigenvalue weighted by molar-refractivity contribution is -0.121. The number of sulfonamides is 1. The quantitative estimate of drug-likeness (QED) is 0.705. The van der Waals surface area contributed by atoms with E-state index in [1.807, 2.05) is 39.0 Å². The molecule has 1 atom stereocenters. The maximum absolute atomic E-state index is 13.2.